The number of thiophene rings is 1. The molecule has 0 spiro atoms. The van der Waals surface area contributed by atoms with Crippen molar-refractivity contribution in [2.45, 2.75) is 31.6 Å². The summed E-state index contributed by atoms with van der Waals surface area (Å²) in [7, 11) is -3.56. The lowest BCUT2D eigenvalue weighted by Crippen LogP contribution is -2.49. The quantitative estimate of drug-likeness (QED) is 0.343. The van der Waals surface area contributed by atoms with Crippen LogP contribution in [0.5, 0.6) is 0 Å². The Morgan fingerprint density at radius 2 is 1.60 bits per heavy atom. The van der Waals surface area contributed by atoms with Gasteiger partial charge in [0.1, 0.15) is 16.5 Å². The Kier molecular flexibility index (Phi) is 6.81. The van der Waals surface area contributed by atoms with Gasteiger partial charge < -0.3 is 4.90 Å². The van der Waals surface area contributed by atoms with Crippen molar-refractivity contribution in [1.82, 2.24) is 14.3 Å². The van der Waals surface area contributed by atoms with Gasteiger partial charge >= 0.3 is 0 Å². The van der Waals surface area contributed by atoms with E-state index >= 15 is 0 Å². The van der Waals surface area contributed by atoms with E-state index in [2.05, 4.69) is 30.9 Å². The molecule has 4 aromatic rings. The van der Waals surface area contributed by atoms with Crippen LogP contribution in [-0.2, 0) is 22.9 Å². The second-order valence-electron chi connectivity index (χ2n) is 8.76. The maximum Gasteiger partial charge on any atom is 0.243 e. The van der Waals surface area contributed by atoms with Gasteiger partial charge in [-0.3, -0.25) is 0 Å². The van der Waals surface area contributed by atoms with Gasteiger partial charge in [0.25, 0.3) is 0 Å². The number of benzene rings is 2. The molecule has 0 aliphatic carbocycles. The molecule has 0 bridgehead atoms. The normalized spacial score (nSPS) is 15.1. The standard InChI is InChI=1S/C26H27ClN4O2S2/c1-18-19(2)34-26-24(18)25(28-23(29-26)13-8-20-6-4-3-5-7-20)30-14-16-31(17-15-30)35(32,33)22-11-9-21(27)10-12-22/h3-7,9-12H,8,13-17H2,1-2H3. The summed E-state index contributed by atoms with van der Waals surface area (Å²) < 4.78 is 27.8. The fraction of sp³-hybridized carbons (Fsp3) is 0.308. The number of rotatable bonds is 6. The Morgan fingerprint density at radius 1 is 0.914 bits per heavy atom. The minimum Gasteiger partial charge on any atom is -0.353 e. The van der Waals surface area contributed by atoms with E-state index in [1.54, 1.807) is 39.9 Å². The summed E-state index contributed by atoms with van der Waals surface area (Å²) >= 11 is 7.64. The second-order valence-corrected chi connectivity index (χ2v) is 12.3. The van der Waals surface area contributed by atoms with Crippen molar-refractivity contribution in [2.75, 3.05) is 31.1 Å². The van der Waals surface area contributed by atoms with Gasteiger partial charge in [-0.1, -0.05) is 41.9 Å². The number of hydrogen-bond donors (Lipinski definition) is 0. The SMILES string of the molecule is Cc1sc2nc(CCc3ccccc3)nc(N3CCN(S(=O)(=O)c4ccc(Cl)cc4)CC3)c2c1C. The van der Waals surface area contributed by atoms with E-state index < -0.39 is 10.0 Å². The molecule has 6 nitrogen and oxygen atoms in total. The minimum absolute atomic E-state index is 0.271. The number of aryl methyl sites for hydroxylation is 4. The van der Waals surface area contributed by atoms with Crippen LogP contribution in [0.15, 0.2) is 59.5 Å². The Hall–Kier alpha value is -2.52. The van der Waals surface area contributed by atoms with Crippen LogP contribution in [0, 0.1) is 13.8 Å². The van der Waals surface area contributed by atoms with Gasteiger partial charge in [0.2, 0.25) is 10.0 Å². The molecule has 1 saturated heterocycles. The molecule has 9 heteroatoms. The number of piperazine rings is 1. The van der Waals surface area contributed by atoms with Crippen molar-refractivity contribution in [1.29, 1.82) is 0 Å². The molecule has 1 aliphatic rings. The van der Waals surface area contributed by atoms with Crippen molar-refractivity contribution in [3.8, 4) is 0 Å². The van der Waals surface area contributed by atoms with Gasteiger partial charge in [-0.2, -0.15) is 4.31 Å². The van der Waals surface area contributed by atoms with E-state index in [9.17, 15) is 8.42 Å². The monoisotopic (exact) mass is 526 g/mol. The van der Waals surface area contributed by atoms with E-state index in [1.807, 2.05) is 18.2 Å². The topological polar surface area (TPSA) is 66.4 Å². The second kappa shape index (κ2) is 9.85. The van der Waals surface area contributed by atoms with Crippen molar-refractivity contribution in [2.24, 2.45) is 0 Å². The summed E-state index contributed by atoms with van der Waals surface area (Å²) in [5.41, 5.74) is 2.46. The Labute approximate surface area is 215 Å². The number of fused-ring (bicyclic) bond motifs is 1. The van der Waals surface area contributed by atoms with Gasteiger partial charge in [0.05, 0.1) is 10.3 Å². The molecule has 0 atom stereocenters. The maximum atomic E-state index is 13.1. The zero-order valence-corrected chi connectivity index (χ0v) is 22.1. The first-order chi connectivity index (χ1) is 16.8. The van der Waals surface area contributed by atoms with Crippen LogP contribution in [0.3, 0.4) is 0 Å². The molecule has 2 aromatic heterocycles. The van der Waals surface area contributed by atoms with Gasteiger partial charge in [-0.25, -0.2) is 18.4 Å². The van der Waals surface area contributed by atoms with Crippen LogP contribution in [-0.4, -0.2) is 48.9 Å². The summed E-state index contributed by atoms with van der Waals surface area (Å²) in [5, 5.41) is 1.61. The first kappa shape index (κ1) is 24.2. The predicted octanol–water partition coefficient (Wildman–Crippen LogP) is 5.26. The Bertz CT molecular complexity index is 1450. The first-order valence-corrected chi connectivity index (χ1v) is 14.3. The molecule has 35 heavy (non-hydrogen) atoms. The lowest BCUT2D eigenvalue weighted by atomic mass is 10.1. The summed E-state index contributed by atoms with van der Waals surface area (Å²) in [6.45, 7) is 6.18. The van der Waals surface area contributed by atoms with Crippen LogP contribution in [0.25, 0.3) is 10.2 Å². The smallest absolute Gasteiger partial charge is 0.243 e. The van der Waals surface area contributed by atoms with Crippen LogP contribution in [0.2, 0.25) is 5.02 Å². The van der Waals surface area contributed by atoms with Gasteiger partial charge in [-0.15, -0.1) is 11.3 Å². The van der Waals surface area contributed by atoms with Crippen LogP contribution in [0.1, 0.15) is 21.8 Å². The third-order valence-corrected chi connectivity index (χ3v) is 9.79. The average Bonchev–Trinajstić information content (AvgIpc) is 3.16. The molecule has 2 aromatic carbocycles. The number of aromatic nitrogens is 2. The number of nitrogens with zero attached hydrogens (tertiary/aromatic N) is 4. The third-order valence-electron chi connectivity index (χ3n) is 6.53. The highest BCUT2D eigenvalue weighted by Gasteiger charge is 2.30. The predicted molar refractivity (Wildman–Crippen MR) is 143 cm³/mol. The Balaban J connectivity index is 1.39. The molecule has 1 aliphatic heterocycles. The number of anilines is 1. The summed E-state index contributed by atoms with van der Waals surface area (Å²) in [6.07, 6.45) is 1.64. The van der Waals surface area contributed by atoms with Crippen molar-refractivity contribution < 1.29 is 8.42 Å². The highest BCUT2D eigenvalue weighted by molar-refractivity contribution is 7.89. The highest BCUT2D eigenvalue weighted by Crippen LogP contribution is 2.36. The van der Waals surface area contributed by atoms with Gasteiger partial charge in [0, 0.05) is 42.5 Å². The lowest BCUT2D eigenvalue weighted by molar-refractivity contribution is 0.384. The zero-order valence-electron chi connectivity index (χ0n) is 19.7. The van der Waals surface area contributed by atoms with E-state index in [1.165, 1.54) is 16.0 Å². The molecular formula is C26H27ClN4O2S2. The van der Waals surface area contributed by atoms with Gasteiger partial charge in [0.15, 0.2) is 0 Å². The van der Waals surface area contributed by atoms with Crippen LogP contribution < -0.4 is 4.90 Å². The van der Waals surface area contributed by atoms with Crippen molar-refractivity contribution in [3.63, 3.8) is 0 Å². The summed E-state index contributed by atoms with van der Waals surface area (Å²) in [4.78, 5) is 14.6. The minimum atomic E-state index is -3.56. The van der Waals surface area contributed by atoms with Crippen LogP contribution >= 0.6 is 22.9 Å². The largest absolute Gasteiger partial charge is 0.353 e. The molecule has 3 heterocycles. The van der Waals surface area contributed by atoms with Gasteiger partial charge in [-0.05, 0) is 55.7 Å². The molecule has 0 N–H and O–H groups in total. The summed E-state index contributed by atoms with van der Waals surface area (Å²) in [6, 6.07) is 16.7. The average molecular weight is 527 g/mol. The molecule has 1 fully saturated rings. The Morgan fingerprint density at radius 3 is 2.29 bits per heavy atom. The van der Waals surface area contributed by atoms with E-state index in [-0.39, 0.29) is 4.90 Å². The third kappa shape index (κ3) is 4.93. The molecule has 0 saturated carbocycles. The zero-order chi connectivity index (χ0) is 24.6. The molecule has 182 valence electrons. The van der Waals surface area contributed by atoms with E-state index in [0.717, 1.165) is 34.7 Å². The molecule has 0 unspecified atom stereocenters. The molecule has 0 radical (unpaired) electrons. The number of halogens is 1. The molecule has 5 rings (SSSR count). The van der Waals surface area contributed by atoms with E-state index in [4.69, 9.17) is 21.6 Å². The maximum absolute atomic E-state index is 13.1. The van der Waals surface area contributed by atoms with E-state index in [0.29, 0.717) is 31.2 Å². The van der Waals surface area contributed by atoms with Crippen LogP contribution in [0.4, 0.5) is 5.82 Å². The van der Waals surface area contributed by atoms with Crippen molar-refractivity contribution >= 4 is 49.0 Å². The summed E-state index contributed by atoms with van der Waals surface area (Å²) in [5.74, 6) is 1.75. The first-order valence-electron chi connectivity index (χ1n) is 11.6. The fourth-order valence-corrected chi connectivity index (χ4v) is 7.00. The molecule has 0 amide bonds. The fourth-order valence-electron chi connectivity index (χ4n) is 4.41. The lowest BCUT2D eigenvalue weighted by Gasteiger charge is -2.35. The number of sulfonamides is 1. The number of hydrogen-bond acceptors (Lipinski definition) is 6. The highest BCUT2D eigenvalue weighted by atomic mass is 35.5. The molecular weight excluding hydrogens is 500 g/mol. The van der Waals surface area contributed by atoms with Crippen molar-refractivity contribution in [3.05, 3.63) is 81.4 Å².